The first-order chi connectivity index (χ1) is 15.0. The van der Waals surface area contributed by atoms with Crippen LogP contribution in [0.2, 0.25) is 0 Å². The van der Waals surface area contributed by atoms with Crippen LogP contribution < -0.4 is 27.4 Å². The molecule has 0 saturated heterocycles. The third-order valence-corrected chi connectivity index (χ3v) is 5.92. The Bertz CT molecular complexity index is 666. The van der Waals surface area contributed by atoms with Crippen LogP contribution in [0.1, 0.15) is 39.5 Å². The summed E-state index contributed by atoms with van der Waals surface area (Å²) in [4.78, 5) is 60.3. The first-order valence-electron chi connectivity index (χ1n) is 10.3. The number of thioether (sulfide) groups is 1. The third kappa shape index (κ3) is 11.0. The predicted molar refractivity (Wildman–Crippen MR) is 126 cm³/mol. The largest absolute Gasteiger partial charge is 0.480 e. The van der Waals surface area contributed by atoms with E-state index < -0.39 is 53.8 Å². The molecule has 13 heteroatoms. The Morgan fingerprint density at radius 3 is 1.91 bits per heavy atom. The minimum Gasteiger partial charge on any atom is -0.480 e. The maximum absolute atomic E-state index is 12.9. The molecule has 11 nitrogen and oxygen atoms in total. The van der Waals surface area contributed by atoms with E-state index in [1.807, 2.05) is 13.2 Å². The van der Waals surface area contributed by atoms with E-state index in [1.54, 1.807) is 6.92 Å². The summed E-state index contributed by atoms with van der Waals surface area (Å²) >= 11 is 5.35. The fraction of sp³-hybridized carbons (Fsp3) is 0.737. The first kappa shape index (κ1) is 30.0. The number of hydrogen-bond acceptors (Lipinski definition) is 8. The second-order valence-electron chi connectivity index (χ2n) is 7.40. The van der Waals surface area contributed by atoms with Crippen LogP contribution in [0, 0.1) is 5.92 Å². The maximum atomic E-state index is 12.9. The summed E-state index contributed by atoms with van der Waals surface area (Å²) in [6, 6.07) is -4.27. The Hall–Kier alpha value is -1.99. The summed E-state index contributed by atoms with van der Waals surface area (Å²) in [5.41, 5.74) is 11.1. The van der Waals surface area contributed by atoms with E-state index in [2.05, 4.69) is 28.6 Å². The monoisotopic (exact) mass is 493 g/mol. The molecule has 4 amide bonds. The molecular weight excluding hydrogens is 458 g/mol. The lowest BCUT2D eigenvalue weighted by atomic mass is 9.98. The molecule has 5 atom stereocenters. The number of carboxylic acid groups (broad SMARTS) is 1. The van der Waals surface area contributed by atoms with Gasteiger partial charge in [0.1, 0.15) is 18.1 Å². The number of aliphatic carboxylic acids is 1. The lowest BCUT2D eigenvalue weighted by Gasteiger charge is -2.25. The smallest absolute Gasteiger partial charge is 0.327 e. The average Bonchev–Trinajstić information content (AvgIpc) is 2.75. The zero-order valence-electron chi connectivity index (χ0n) is 18.6. The van der Waals surface area contributed by atoms with Gasteiger partial charge in [-0.2, -0.15) is 24.4 Å². The van der Waals surface area contributed by atoms with Gasteiger partial charge in [-0.25, -0.2) is 4.79 Å². The summed E-state index contributed by atoms with van der Waals surface area (Å²) in [5, 5.41) is 16.5. The van der Waals surface area contributed by atoms with Gasteiger partial charge < -0.3 is 32.5 Å². The van der Waals surface area contributed by atoms with Crippen molar-refractivity contribution in [2.45, 2.75) is 63.7 Å². The molecule has 0 fully saturated rings. The Morgan fingerprint density at radius 1 is 0.969 bits per heavy atom. The lowest BCUT2D eigenvalue weighted by molar-refractivity contribution is -0.141. The number of thiol groups is 1. The van der Waals surface area contributed by atoms with Gasteiger partial charge in [-0.1, -0.05) is 20.3 Å². The molecule has 0 aromatic carbocycles. The number of hydrogen-bond donors (Lipinski definition) is 7. The molecule has 0 aliphatic rings. The fourth-order valence-electron chi connectivity index (χ4n) is 2.57. The summed E-state index contributed by atoms with van der Waals surface area (Å²) in [7, 11) is 0. The number of amides is 4. The minimum absolute atomic E-state index is 0.0780. The number of rotatable bonds is 16. The normalized spacial score (nSPS) is 15.5. The van der Waals surface area contributed by atoms with Crippen LogP contribution >= 0.6 is 24.4 Å². The van der Waals surface area contributed by atoms with Crippen molar-refractivity contribution in [2.24, 2.45) is 17.4 Å². The number of nitrogens with two attached hydrogens (primary N) is 2. The van der Waals surface area contributed by atoms with Crippen LogP contribution in [0.3, 0.4) is 0 Å². The minimum atomic E-state index is -1.26. The summed E-state index contributed by atoms with van der Waals surface area (Å²) < 4.78 is 0. The predicted octanol–water partition coefficient (Wildman–Crippen LogP) is -1.15. The van der Waals surface area contributed by atoms with Crippen LogP contribution in [0.15, 0.2) is 0 Å². The van der Waals surface area contributed by atoms with Gasteiger partial charge in [0.15, 0.2) is 0 Å². The van der Waals surface area contributed by atoms with Gasteiger partial charge in [0.05, 0.1) is 6.04 Å². The molecule has 5 unspecified atom stereocenters. The van der Waals surface area contributed by atoms with Gasteiger partial charge in [0.25, 0.3) is 0 Å². The van der Waals surface area contributed by atoms with Crippen LogP contribution in [-0.2, 0) is 24.0 Å². The Labute approximate surface area is 198 Å². The molecule has 0 aliphatic carbocycles. The van der Waals surface area contributed by atoms with Crippen molar-refractivity contribution in [3.05, 3.63) is 0 Å². The Morgan fingerprint density at radius 2 is 1.47 bits per heavy atom. The Kier molecular flexibility index (Phi) is 14.8. The topological polar surface area (TPSA) is 194 Å². The maximum Gasteiger partial charge on any atom is 0.327 e. The summed E-state index contributed by atoms with van der Waals surface area (Å²) in [6.45, 7) is 3.67. The highest BCUT2D eigenvalue weighted by atomic mass is 32.2. The molecule has 184 valence electrons. The van der Waals surface area contributed by atoms with Crippen LogP contribution in [-0.4, -0.2) is 76.6 Å². The summed E-state index contributed by atoms with van der Waals surface area (Å²) in [6.07, 6.45) is 2.45. The van der Waals surface area contributed by atoms with Gasteiger partial charge in [0, 0.05) is 12.2 Å². The van der Waals surface area contributed by atoms with Crippen LogP contribution in [0.25, 0.3) is 0 Å². The highest BCUT2D eigenvalue weighted by Gasteiger charge is 2.30. The number of primary amides is 1. The number of carboxylic acids is 1. The number of carbonyl (C=O) groups is 5. The van der Waals surface area contributed by atoms with Gasteiger partial charge in [-0.15, -0.1) is 0 Å². The number of nitrogens with one attached hydrogen (secondary N) is 3. The molecule has 8 N–H and O–H groups in total. The van der Waals surface area contributed by atoms with E-state index in [1.165, 1.54) is 11.8 Å². The van der Waals surface area contributed by atoms with E-state index >= 15 is 0 Å². The molecule has 0 bridgehead atoms. The molecule has 32 heavy (non-hydrogen) atoms. The van der Waals surface area contributed by atoms with Crippen molar-refractivity contribution in [3.63, 3.8) is 0 Å². The van der Waals surface area contributed by atoms with Crippen LogP contribution in [0.4, 0.5) is 0 Å². The van der Waals surface area contributed by atoms with Crippen LogP contribution in [0.5, 0.6) is 0 Å². The van der Waals surface area contributed by atoms with E-state index in [9.17, 15) is 24.0 Å². The SMILES string of the molecule is CCC(C)C(N)C(=O)NC(CCC(N)=O)C(=O)NC(CCSC)C(=O)NC(CS)C(=O)O. The van der Waals surface area contributed by atoms with Gasteiger partial charge >= 0.3 is 5.97 Å². The van der Waals surface area contributed by atoms with Crippen molar-refractivity contribution >= 4 is 54.0 Å². The third-order valence-electron chi connectivity index (χ3n) is 4.91. The molecular formula is C19H35N5O6S2. The lowest BCUT2D eigenvalue weighted by Crippen LogP contribution is -2.58. The molecule has 0 aromatic rings. The molecule has 0 aromatic heterocycles. The van der Waals surface area contributed by atoms with E-state index in [0.717, 1.165) is 0 Å². The molecule has 0 saturated carbocycles. The fourth-order valence-corrected chi connectivity index (χ4v) is 3.29. The van der Waals surface area contributed by atoms with E-state index in [0.29, 0.717) is 12.2 Å². The molecule has 0 spiro atoms. The highest BCUT2D eigenvalue weighted by molar-refractivity contribution is 7.98. The molecule has 0 radical (unpaired) electrons. The molecule has 0 aliphatic heterocycles. The second-order valence-corrected chi connectivity index (χ2v) is 8.75. The zero-order valence-corrected chi connectivity index (χ0v) is 20.3. The molecule has 0 rings (SSSR count). The van der Waals surface area contributed by atoms with Gasteiger partial charge in [-0.05, 0) is 30.8 Å². The average molecular weight is 494 g/mol. The first-order valence-corrected chi connectivity index (χ1v) is 12.3. The number of carbonyl (C=O) groups excluding carboxylic acids is 4. The van der Waals surface area contributed by atoms with E-state index in [4.69, 9.17) is 16.6 Å². The van der Waals surface area contributed by atoms with Crippen molar-refractivity contribution in [1.29, 1.82) is 0 Å². The zero-order chi connectivity index (χ0) is 24.8. The van der Waals surface area contributed by atoms with Crippen molar-refractivity contribution in [3.8, 4) is 0 Å². The molecule has 0 heterocycles. The Balaban J connectivity index is 5.47. The van der Waals surface area contributed by atoms with Gasteiger partial charge in [-0.3, -0.25) is 19.2 Å². The van der Waals surface area contributed by atoms with Crippen molar-refractivity contribution in [2.75, 3.05) is 17.8 Å². The van der Waals surface area contributed by atoms with Crippen molar-refractivity contribution < 1.29 is 29.1 Å². The van der Waals surface area contributed by atoms with Gasteiger partial charge in [0.2, 0.25) is 23.6 Å². The highest BCUT2D eigenvalue weighted by Crippen LogP contribution is 2.08. The summed E-state index contributed by atoms with van der Waals surface area (Å²) in [5.74, 6) is -3.62. The van der Waals surface area contributed by atoms with Crippen molar-refractivity contribution in [1.82, 2.24) is 16.0 Å². The second kappa shape index (κ2) is 15.8. The standard InChI is InChI=1S/C19H35N5O6S2/c1-4-10(2)15(21)18(28)23-11(5-6-14(20)25)16(26)22-12(7-8-32-3)17(27)24-13(9-31)19(29)30/h10-13,15,31H,4-9,21H2,1-3H3,(H2,20,25)(H,22,26)(H,23,28)(H,24,27)(H,29,30). The quantitative estimate of drug-likeness (QED) is 0.131. The van der Waals surface area contributed by atoms with E-state index in [-0.39, 0.29) is 30.9 Å².